The lowest BCUT2D eigenvalue weighted by molar-refractivity contribution is 0.255. The molecular weight excluding hydrogens is 122 g/mol. The summed E-state index contributed by atoms with van der Waals surface area (Å²) in [7, 11) is 0. The summed E-state index contributed by atoms with van der Waals surface area (Å²) < 4.78 is 0. The van der Waals surface area contributed by atoms with Crippen LogP contribution in [0.5, 0.6) is 0 Å². The maximum atomic E-state index is 5.86. The second kappa shape index (κ2) is 3.38. The van der Waals surface area contributed by atoms with E-state index in [1.165, 1.54) is 25.7 Å². The van der Waals surface area contributed by atoms with E-state index in [-0.39, 0.29) is 0 Å². The Morgan fingerprint density at radius 3 is 2.40 bits per heavy atom. The van der Waals surface area contributed by atoms with Gasteiger partial charge < -0.3 is 5.73 Å². The average molecular weight is 141 g/mol. The molecule has 1 aliphatic rings. The van der Waals surface area contributed by atoms with Gasteiger partial charge in [0.2, 0.25) is 0 Å². The molecule has 0 aliphatic heterocycles. The Hall–Kier alpha value is -0.0400. The van der Waals surface area contributed by atoms with Gasteiger partial charge in [-0.15, -0.1) is 0 Å². The van der Waals surface area contributed by atoms with Gasteiger partial charge in [-0.1, -0.05) is 26.7 Å². The predicted octanol–water partition coefficient (Wildman–Crippen LogP) is 2.16. The molecular formula is C9H19N. The standard InChI is InChI=1S/C9H19N/c1-7(2)8-4-3-5-9(10)6-8/h7-9H,3-6,10H2,1-2H3/t8?,9-/m0/s1. The minimum Gasteiger partial charge on any atom is -0.328 e. The Morgan fingerprint density at radius 2 is 2.00 bits per heavy atom. The van der Waals surface area contributed by atoms with Crippen molar-refractivity contribution >= 4 is 0 Å². The van der Waals surface area contributed by atoms with E-state index in [4.69, 9.17) is 5.73 Å². The summed E-state index contributed by atoms with van der Waals surface area (Å²) in [4.78, 5) is 0. The van der Waals surface area contributed by atoms with Crippen molar-refractivity contribution in [2.45, 2.75) is 45.6 Å². The monoisotopic (exact) mass is 141 g/mol. The summed E-state index contributed by atoms with van der Waals surface area (Å²) in [5, 5.41) is 0. The molecule has 1 nitrogen and oxygen atoms in total. The van der Waals surface area contributed by atoms with Gasteiger partial charge in [-0.2, -0.15) is 0 Å². The zero-order valence-corrected chi connectivity index (χ0v) is 7.14. The molecule has 0 aromatic carbocycles. The third-order valence-electron chi connectivity index (χ3n) is 2.70. The third kappa shape index (κ3) is 1.98. The first-order valence-electron chi connectivity index (χ1n) is 4.45. The Kier molecular flexibility index (Phi) is 2.72. The SMILES string of the molecule is CC(C)C1CCC[C@H](N)C1. The van der Waals surface area contributed by atoms with Crippen LogP contribution in [0.15, 0.2) is 0 Å². The summed E-state index contributed by atoms with van der Waals surface area (Å²) in [6, 6.07) is 0.501. The molecule has 1 fully saturated rings. The van der Waals surface area contributed by atoms with Crippen LogP contribution in [-0.2, 0) is 0 Å². The fourth-order valence-corrected chi connectivity index (χ4v) is 1.87. The predicted molar refractivity (Wildman–Crippen MR) is 44.8 cm³/mol. The quantitative estimate of drug-likeness (QED) is 0.595. The van der Waals surface area contributed by atoms with Gasteiger partial charge in [-0.25, -0.2) is 0 Å². The molecule has 1 aliphatic carbocycles. The molecule has 0 saturated heterocycles. The minimum atomic E-state index is 0.501. The third-order valence-corrected chi connectivity index (χ3v) is 2.70. The van der Waals surface area contributed by atoms with Crippen molar-refractivity contribution in [1.29, 1.82) is 0 Å². The van der Waals surface area contributed by atoms with E-state index < -0.39 is 0 Å². The molecule has 1 heteroatoms. The number of rotatable bonds is 1. The van der Waals surface area contributed by atoms with Crippen LogP contribution in [-0.4, -0.2) is 6.04 Å². The van der Waals surface area contributed by atoms with Gasteiger partial charge in [0.05, 0.1) is 0 Å². The van der Waals surface area contributed by atoms with Crippen LogP contribution < -0.4 is 5.73 Å². The Bertz CT molecular complexity index is 98.9. The molecule has 1 saturated carbocycles. The molecule has 0 amide bonds. The highest BCUT2D eigenvalue weighted by Crippen LogP contribution is 2.28. The molecule has 1 unspecified atom stereocenters. The first kappa shape index (κ1) is 8.06. The molecule has 2 atom stereocenters. The highest BCUT2D eigenvalue weighted by molar-refractivity contribution is 4.76. The molecule has 0 aromatic rings. The molecule has 0 spiro atoms. The van der Waals surface area contributed by atoms with Gasteiger partial charge in [0.1, 0.15) is 0 Å². The Balaban J connectivity index is 2.32. The van der Waals surface area contributed by atoms with Crippen molar-refractivity contribution in [3.8, 4) is 0 Å². The van der Waals surface area contributed by atoms with E-state index in [1.54, 1.807) is 0 Å². The van der Waals surface area contributed by atoms with Crippen molar-refractivity contribution in [1.82, 2.24) is 0 Å². The fraction of sp³-hybridized carbons (Fsp3) is 1.00. The molecule has 10 heavy (non-hydrogen) atoms. The molecule has 0 aromatic heterocycles. The van der Waals surface area contributed by atoms with Gasteiger partial charge >= 0.3 is 0 Å². The van der Waals surface area contributed by atoms with Crippen LogP contribution in [0, 0.1) is 11.8 Å². The van der Waals surface area contributed by atoms with Crippen molar-refractivity contribution < 1.29 is 0 Å². The Morgan fingerprint density at radius 1 is 1.30 bits per heavy atom. The van der Waals surface area contributed by atoms with Crippen LogP contribution in [0.3, 0.4) is 0 Å². The zero-order valence-electron chi connectivity index (χ0n) is 7.14. The van der Waals surface area contributed by atoms with Gasteiger partial charge in [-0.05, 0) is 24.7 Å². The minimum absolute atomic E-state index is 0.501. The topological polar surface area (TPSA) is 26.0 Å². The van der Waals surface area contributed by atoms with Gasteiger partial charge in [0, 0.05) is 6.04 Å². The van der Waals surface area contributed by atoms with Crippen LogP contribution >= 0.6 is 0 Å². The average Bonchev–Trinajstić information content (AvgIpc) is 1.88. The van der Waals surface area contributed by atoms with E-state index in [2.05, 4.69) is 13.8 Å². The lowest BCUT2D eigenvalue weighted by Gasteiger charge is -2.29. The largest absolute Gasteiger partial charge is 0.328 e. The summed E-state index contributed by atoms with van der Waals surface area (Å²) in [6.07, 6.45) is 5.27. The molecule has 1 rings (SSSR count). The molecule has 0 bridgehead atoms. The molecule has 0 heterocycles. The summed E-state index contributed by atoms with van der Waals surface area (Å²) in [6.45, 7) is 4.62. The molecule has 60 valence electrons. The van der Waals surface area contributed by atoms with Crippen LogP contribution in [0.25, 0.3) is 0 Å². The number of hydrogen-bond acceptors (Lipinski definition) is 1. The van der Waals surface area contributed by atoms with Crippen molar-refractivity contribution in [3.05, 3.63) is 0 Å². The van der Waals surface area contributed by atoms with Gasteiger partial charge in [0.15, 0.2) is 0 Å². The maximum absolute atomic E-state index is 5.86. The zero-order chi connectivity index (χ0) is 7.56. The summed E-state index contributed by atoms with van der Waals surface area (Å²) in [5.41, 5.74) is 5.86. The first-order chi connectivity index (χ1) is 4.70. The lowest BCUT2D eigenvalue weighted by atomic mass is 9.80. The van der Waals surface area contributed by atoms with Gasteiger partial charge in [0.25, 0.3) is 0 Å². The highest BCUT2D eigenvalue weighted by atomic mass is 14.6. The Labute approximate surface area is 64.0 Å². The fourth-order valence-electron chi connectivity index (χ4n) is 1.87. The summed E-state index contributed by atoms with van der Waals surface area (Å²) >= 11 is 0. The summed E-state index contributed by atoms with van der Waals surface area (Å²) in [5.74, 6) is 1.75. The van der Waals surface area contributed by atoms with E-state index in [0.29, 0.717) is 6.04 Å². The van der Waals surface area contributed by atoms with E-state index in [1.807, 2.05) is 0 Å². The van der Waals surface area contributed by atoms with Crippen molar-refractivity contribution in [2.75, 3.05) is 0 Å². The van der Waals surface area contributed by atoms with Crippen LogP contribution in [0.2, 0.25) is 0 Å². The van der Waals surface area contributed by atoms with E-state index in [9.17, 15) is 0 Å². The first-order valence-corrected chi connectivity index (χ1v) is 4.45. The maximum Gasteiger partial charge on any atom is 0.00415 e. The van der Waals surface area contributed by atoms with E-state index >= 15 is 0 Å². The number of hydrogen-bond donors (Lipinski definition) is 1. The van der Waals surface area contributed by atoms with E-state index in [0.717, 1.165) is 11.8 Å². The second-order valence-electron chi connectivity index (χ2n) is 3.93. The normalized spacial score (nSPS) is 34.8. The lowest BCUT2D eigenvalue weighted by Crippen LogP contribution is -2.29. The van der Waals surface area contributed by atoms with Gasteiger partial charge in [-0.3, -0.25) is 0 Å². The highest BCUT2D eigenvalue weighted by Gasteiger charge is 2.21. The van der Waals surface area contributed by atoms with Crippen molar-refractivity contribution in [2.24, 2.45) is 17.6 Å². The molecule has 0 radical (unpaired) electrons. The second-order valence-corrected chi connectivity index (χ2v) is 3.93. The van der Waals surface area contributed by atoms with Crippen molar-refractivity contribution in [3.63, 3.8) is 0 Å². The van der Waals surface area contributed by atoms with Crippen LogP contribution in [0.4, 0.5) is 0 Å². The molecule has 2 N–H and O–H groups in total. The number of nitrogens with two attached hydrogens (primary N) is 1. The smallest absolute Gasteiger partial charge is 0.00415 e. The van der Waals surface area contributed by atoms with Crippen LogP contribution in [0.1, 0.15) is 39.5 Å².